The fourth-order valence-electron chi connectivity index (χ4n) is 13.5. The summed E-state index contributed by atoms with van der Waals surface area (Å²) in [5, 5.41) is 26.9. The number of aliphatic hydroxyl groups is 1. The molecule has 2 saturated carbocycles. The van der Waals surface area contributed by atoms with Crippen LogP contribution in [0.2, 0.25) is 25.7 Å². The molecular weight excluding hydrogens is 1060 g/mol. The van der Waals surface area contributed by atoms with Crippen LogP contribution in [0.4, 0.5) is 28.4 Å². The summed E-state index contributed by atoms with van der Waals surface area (Å²) in [7, 11) is -5.96. The molecule has 3 saturated heterocycles. The first-order valence-electron chi connectivity index (χ1n) is 29.6. The maximum atomic E-state index is 14.9. The van der Waals surface area contributed by atoms with Crippen molar-refractivity contribution in [3.05, 3.63) is 100 Å². The van der Waals surface area contributed by atoms with Crippen molar-refractivity contribution in [2.24, 2.45) is 11.3 Å². The Morgan fingerprint density at radius 2 is 1.73 bits per heavy atom. The normalized spacial score (nSPS) is 24.3. The van der Waals surface area contributed by atoms with Gasteiger partial charge in [0.2, 0.25) is 5.88 Å². The number of nitro benzene ring substituents is 1. The molecule has 2 aliphatic carbocycles. The molecule has 6 heterocycles. The molecule has 5 aromatic rings. The topological polar surface area (TPSA) is 203 Å². The van der Waals surface area contributed by atoms with Crippen molar-refractivity contribution in [1.29, 1.82) is 0 Å². The minimum absolute atomic E-state index is 0.101. The molecule has 18 nitrogen and oxygen atoms in total. The molecule has 2 aromatic heterocycles. The molecule has 0 bridgehead atoms. The Balaban J connectivity index is 0.879. The number of hydrogen-bond donors (Lipinski definition) is 3. The minimum Gasteiger partial charge on any atom is -0.491 e. The largest absolute Gasteiger partial charge is 0.491 e. The number of nitrogens with one attached hydrogen (secondary N) is 2. The number of carbonyl (C=O) groups excluding carboxylic acids is 1. The Kier molecular flexibility index (Phi) is 16.3. The average molecular weight is 1150 g/mol. The number of sulfonamides is 1. The third-order valence-corrected chi connectivity index (χ3v) is 21.2. The average Bonchev–Trinajstić information content (AvgIpc) is 3.64. The Morgan fingerprint density at radius 3 is 2.48 bits per heavy atom. The van der Waals surface area contributed by atoms with E-state index >= 15 is 0 Å². The van der Waals surface area contributed by atoms with Crippen molar-refractivity contribution in [3.63, 3.8) is 0 Å². The van der Waals surface area contributed by atoms with E-state index in [4.69, 9.17) is 23.9 Å². The summed E-state index contributed by atoms with van der Waals surface area (Å²) in [5.74, 6) is 0.668. The van der Waals surface area contributed by atoms with Gasteiger partial charge in [-0.3, -0.25) is 19.8 Å². The van der Waals surface area contributed by atoms with Gasteiger partial charge in [-0.2, -0.15) is 4.98 Å². The summed E-state index contributed by atoms with van der Waals surface area (Å²) in [6.07, 6.45) is 12.8. The zero-order valence-electron chi connectivity index (χ0n) is 48.0. The molecule has 6 aliphatic rings. The van der Waals surface area contributed by atoms with E-state index in [9.17, 15) is 28.4 Å². The van der Waals surface area contributed by atoms with E-state index in [1.54, 1.807) is 6.07 Å². The van der Waals surface area contributed by atoms with E-state index in [1.165, 1.54) is 30.5 Å². The van der Waals surface area contributed by atoms with Gasteiger partial charge in [0.15, 0.2) is 0 Å². The maximum Gasteiger partial charge on any atom is 0.293 e. The highest BCUT2D eigenvalue weighted by Crippen LogP contribution is 2.55. The first kappa shape index (κ1) is 57.1. The summed E-state index contributed by atoms with van der Waals surface area (Å²) in [6.45, 7) is 17.8. The molecule has 0 radical (unpaired) electrons. The van der Waals surface area contributed by atoms with Crippen LogP contribution >= 0.6 is 0 Å². The van der Waals surface area contributed by atoms with Crippen molar-refractivity contribution >= 4 is 63.5 Å². The van der Waals surface area contributed by atoms with Crippen molar-refractivity contribution in [3.8, 4) is 11.6 Å². The zero-order valence-corrected chi connectivity index (χ0v) is 49.8. The van der Waals surface area contributed by atoms with E-state index in [2.05, 4.69) is 82.5 Å². The third-order valence-electron chi connectivity index (χ3n) is 18.2. The predicted octanol–water partition coefficient (Wildman–Crippen LogP) is 11.2. The quantitative estimate of drug-likeness (QED) is 0.0323. The van der Waals surface area contributed by atoms with Gasteiger partial charge in [0.25, 0.3) is 21.6 Å². The molecule has 4 aliphatic heterocycles. The Bertz CT molecular complexity index is 3210. The van der Waals surface area contributed by atoms with Gasteiger partial charge >= 0.3 is 0 Å². The van der Waals surface area contributed by atoms with E-state index in [-0.39, 0.29) is 41.3 Å². The summed E-state index contributed by atoms with van der Waals surface area (Å²) >= 11 is 0. The summed E-state index contributed by atoms with van der Waals surface area (Å²) in [5.41, 5.74) is 3.42. The number of hydrogen-bond acceptors (Lipinski definition) is 15. The second-order valence-corrected chi connectivity index (χ2v) is 33.0. The number of benzene rings is 3. The Labute approximate surface area is 478 Å². The number of rotatable bonds is 18. The van der Waals surface area contributed by atoms with Gasteiger partial charge in [0.05, 0.1) is 45.4 Å². The van der Waals surface area contributed by atoms with Gasteiger partial charge in [-0.25, -0.2) is 13.1 Å². The summed E-state index contributed by atoms with van der Waals surface area (Å²) in [4.78, 5) is 38.8. The number of fused-ring (bicyclic) bond motifs is 3. The lowest BCUT2D eigenvalue weighted by atomic mass is 9.59. The highest BCUT2D eigenvalue weighted by molar-refractivity contribution is 7.90. The number of anilines is 4. The SMILES string of the molecule is CC(C)Oc1ccccc1[C@H]1CCCCN1C1CC2(CCN(c3ccc(C(=O)NS(=O)(=O)c4ccc(NCC5CCC(C)(O)CC5)c([N+](=O)[O-])c4)c(N4c5cc6ccn(COCC[Si](C)(C)C)c6nc5O[C@H]5COCC[C@@H]54)c3)CC2)C1. The molecule has 436 valence electrons. The lowest BCUT2D eigenvalue weighted by molar-refractivity contribution is -0.384. The number of ether oxygens (including phenoxy) is 4. The molecule has 20 heteroatoms. The van der Waals surface area contributed by atoms with Crippen LogP contribution in [0.25, 0.3) is 11.0 Å². The molecule has 5 fully saturated rings. The van der Waals surface area contributed by atoms with Gasteiger partial charge in [-0.15, -0.1) is 0 Å². The fraction of sp³-hybridized carbons (Fsp3) is 0.574. The number of amides is 1. The molecule has 0 unspecified atom stereocenters. The van der Waals surface area contributed by atoms with Gasteiger partial charge < -0.3 is 43.7 Å². The molecule has 11 rings (SSSR count). The van der Waals surface area contributed by atoms with Crippen LogP contribution in [0.3, 0.4) is 0 Å². The van der Waals surface area contributed by atoms with Crippen LogP contribution in [0, 0.1) is 21.4 Å². The van der Waals surface area contributed by atoms with Crippen LogP contribution in [-0.2, 0) is 26.2 Å². The number of nitrogens with zero attached hydrogens (tertiary/aromatic N) is 6. The van der Waals surface area contributed by atoms with Gasteiger partial charge in [-0.05, 0) is 164 Å². The Morgan fingerprint density at radius 1 is 0.951 bits per heavy atom. The van der Waals surface area contributed by atoms with E-state index in [1.807, 2.05) is 42.0 Å². The van der Waals surface area contributed by atoms with Crippen LogP contribution < -0.4 is 29.3 Å². The molecule has 81 heavy (non-hydrogen) atoms. The van der Waals surface area contributed by atoms with Crippen molar-refractivity contribution in [1.82, 2.24) is 19.2 Å². The highest BCUT2D eigenvalue weighted by Gasteiger charge is 2.50. The molecule has 3 aromatic carbocycles. The van der Waals surface area contributed by atoms with Crippen molar-refractivity contribution in [2.45, 2.75) is 171 Å². The lowest BCUT2D eigenvalue weighted by Crippen LogP contribution is -2.56. The van der Waals surface area contributed by atoms with Crippen LogP contribution in [0.1, 0.15) is 120 Å². The second-order valence-electron chi connectivity index (χ2n) is 25.7. The lowest BCUT2D eigenvalue weighted by Gasteiger charge is -2.57. The molecular formula is C61H82N8O10SSi. The molecule has 3 atom stereocenters. The van der Waals surface area contributed by atoms with Crippen LogP contribution in [-0.4, -0.2) is 123 Å². The summed E-state index contributed by atoms with van der Waals surface area (Å²) < 4.78 is 58.2. The number of piperidine rings is 2. The fourth-order valence-corrected chi connectivity index (χ4v) is 15.2. The number of aromatic nitrogens is 2. The van der Waals surface area contributed by atoms with E-state index < -0.39 is 51.2 Å². The van der Waals surface area contributed by atoms with Crippen molar-refractivity contribution in [2.75, 3.05) is 61.1 Å². The Hall–Kier alpha value is -5.77. The smallest absolute Gasteiger partial charge is 0.293 e. The number of likely N-dealkylation sites (tertiary alicyclic amines) is 1. The van der Waals surface area contributed by atoms with E-state index in [0.717, 1.165) is 93.5 Å². The first-order valence-corrected chi connectivity index (χ1v) is 34.7. The highest BCUT2D eigenvalue weighted by atomic mass is 32.2. The van der Waals surface area contributed by atoms with Crippen molar-refractivity contribution < 1.29 is 42.2 Å². The predicted molar refractivity (Wildman–Crippen MR) is 317 cm³/mol. The zero-order chi connectivity index (χ0) is 56.8. The number of nitro groups is 1. The van der Waals surface area contributed by atoms with Gasteiger partial charge in [0.1, 0.15) is 35.6 Å². The third kappa shape index (κ3) is 12.5. The van der Waals surface area contributed by atoms with E-state index in [0.29, 0.717) is 80.7 Å². The van der Waals surface area contributed by atoms with Crippen LogP contribution in [0.15, 0.2) is 83.9 Å². The first-order chi connectivity index (χ1) is 38.7. The number of pyridine rings is 1. The second kappa shape index (κ2) is 23.1. The maximum absolute atomic E-state index is 14.9. The number of carbonyl (C=O) groups is 1. The van der Waals surface area contributed by atoms with Gasteiger partial charge in [0, 0.05) is 81.9 Å². The monoisotopic (exact) mass is 1150 g/mol. The summed E-state index contributed by atoms with van der Waals surface area (Å²) in [6, 6.07) is 23.5. The molecule has 1 amide bonds. The number of para-hydroxylation sites is 1. The molecule has 1 spiro atoms. The standard InChI is InChI=1S/C61H82N8O10SSi/c1-41(2)78-55-13-8-7-11-47(55)50-12-9-10-26-67(50)45-36-61(37-45)24-28-65(29-25-61)44-14-16-48(58(70)64-80(74,75)46-15-17-49(53(35-46)69(72)73)62-38-42-18-22-60(3,71)23-19-42)52(34-44)68-51-21-30-76-39-56(51)79-59-54(68)33-43-20-27-66(57(43)63-59)40-77-31-32-81(4,5)6/h7-8,11,13-17,20,27,33-35,41-42,45,50-51,56,62,71H,9-10,12,18-19,21-26,28-32,36-40H2,1-6H3,(H,64,70)/t42?,50-,51+,56+,60?/m1/s1. The van der Waals surface area contributed by atoms with Crippen LogP contribution in [0.5, 0.6) is 11.6 Å². The molecule has 3 N–H and O–H groups in total. The van der Waals surface area contributed by atoms with Gasteiger partial charge in [-0.1, -0.05) is 44.3 Å². The minimum atomic E-state index is -4.65.